The number of benzene rings is 1. The first-order chi connectivity index (χ1) is 11.0. The number of nitrogens with zero attached hydrogens (tertiary/aromatic N) is 2. The third-order valence-corrected chi connectivity index (χ3v) is 3.44. The zero-order valence-electron chi connectivity index (χ0n) is 12.9. The fourth-order valence-electron chi connectivity index (χ4n) is 1.83. The largest absolute Gasteiger partial charge is 0.495 e. The van der Waals surface area contributed by atoms with Gasteiger partial charge in [0.05, 0.1) is 25.2 Å². The van der Waals surface area contributed by atoms with Gasteiger partial charge in [-0.15, -0.1) is 6.58 Å². The highest BCUT2D eigenvalue weighted by Crippen LogP contribution is 2.32. The minimum absolute atomic E-state index is 0.233. The van der Waals surface area contributed by atoms with Crippen LogP contribution in [0.25, 0.3) is 0 Å². The second-order valence-corrected chi connectivity index (χ2v) is 5.12. The van der Waals surface area contributed by atoms with Crippen molar-refractivity contribution in [3.63, 3.8) is 0 Å². The highest BCUT2D eigenvalue weighted by atomic mass is 35.5. The molecule has 0 radical (unpaired) electrons. The number of carbonyl (C=O) groups excluding carboxylic acids is 1. The number of rotatable bonds is 6. The summed E-state index contributed by atoms with van der Waals surface area (Å²) in [5.41, 5.74) is 1.85. The van der Waals surface area contributed by atoms with Crippen LogP contribution in [0.3, 0.4) is 0 Å². The lowest BCUT2D eigenvalue weighted by Gasteiger charge is -2.12. The summed E-state index contributed by atoms with van der Waals surface area (Å²) in [6.07, 6.45) is 4.47. The highest BCUT2D eigenvalue weighted by Gasteiger charge is 2.10. The number of aromatic nitrogens is 2. The second-order valence-electron chi connectivity index (χ2n) is 4.71. The highest BCUT2D eigenvalue weighted by molar-refractivity contribution is 6.31. The number of halogens is 1. The van der Waals surface area contributed by atoms with Crippen LogP contribution in [0.1, 0.15) is 16.1 Å². The van der Waals surface area contributed by atoms with Crippen LogP contribution in [-0.4, -0.2) is 29.5 Å². The molecule has 0 spiro atoms. The third-order valence-electron chi connectivity index (χ3n) is 3.03. The van der Waals surface area contributed by atoms with Gasteiger partial charge in [-0.25, -0.2) is 9.97 Å². The summed E-state index contributed by atoms with van der Waals surface area (Å²) in [4.78, 5) is 20.0. The first-order valence-electron chi connectivity index (χ1n) is 6.87. The van der Waals surface area contributed by atoms with Gasteiger partial charge in [-0.05, 0) is 18.6 Å². The van der Waals surface area contributed by atoms with Gasteiger partial charge in [0, 0.05) is 17.6 Å². The average molecular weight is 333 g/mol. The first kappa shape index (κ1) is 16.8. The Morgan fingerprint density at radius 2 is 2.17 bits per heavy atom. The van der Waals surface area contributed by atoms with Crippen molar-refractivity contribution >= 4 is 29.0 Å². The molecule has 6 nitrogen and oxygen atoms in total. The minimum atomic E-state index is -0.302. The van der Waals surface area contributed by atoms with Gasteiger partial charge in [-0.1, -0.05) is 17.7 Å². The fraction of sp³-hybridized carbons (Fsp3) is 0.188. The third kappa shape index (κ3) is 4.20. The Balaban J connectivity index is 2.17. The Kier molecular flexibility index (Phi) is 5.54. The molecule has 0 aliphatic carbocycles. The van der Waals surface area contributed by atoms with E-state index in [1.807, 2.05) is 13.0 Å². The lowest BCUT2D eigenvalue weighted by atomic mass is 10.2. The zero-order valence-corrected chi connectivity index (χ0v) is 13.6. The van der Waals surface area contributed by atoms with Crippen molar-refractivity contribution in [2.45, 2.75) is 6.92 Å². The molecular weight excluding hydrogens is 316 g/mol. The summed E-state index contributed by atoms with van der Waals surface area (Å²) in [6.45, 7) is 5.81. The molecule has 0 atom stereocenters. The molecule has 1 amide bonds. The molecule has 0 bridgehead atoms. The van der Waals surface area contributed by atoms with E-state index >= 15 is 0 Å². The maximum absolute atomic E-state index is 11.7. The normalized spacial score (nSPS) is 10.0. The summed E-state index contributed by atoms with van der Waals surface area (Å²) in [6, 6.07) is 3.58. The number of hydrogen-bond acceptors (Lipinski definition) is 5. The molecule has 1 aromatic carbocycles. The lowest BCUT2D eigenvalue weighted by molar-refractivity contribution is 0.0952. The van der Waals surface area contributed by atoms with Crippen molar-refractivity contribution in [1.82, 2.24) is 15.3 Å². The van der Waals surface area contributed by atoms with Gasteiger partial charge >= 0.3 is 0 Å². The van der Waals surface area contributed by atoms with Crippen molar-refractivity contribution < 1.29 is 9.53 Å². The van der Waals surface area contributed by atoms with Gasteiger partial charge in [-0.3, -0.25) is 4.79 Å². The molecule has 23 heavy (non-hydrogen) atoms. The molecule has 1 heterocycles. The molecule has 7 heteroatoms. The van der Waals surface area contributed by atoms with Crippen molar-refractivity contribution in [2.24, 2.45) is 0 Å². The van der Waals surface area contributed by atoms with E-state index in [-0.39, 0.29) is 11.6 Å². The molecule has 120 valence electrons. The number of carbonyl (C=O) groups is 1. The van der Waals surface area contributed by atoms with Gasteiger partial charge in [0.2, 0.25) is 0 Å². The van der Waals surface area contributed by atoms with Crippen LogP contribution in [0.15, 0.2) is 37.2 Å². The second kappa shape index (κ2) is 7.60. The summed E-state index contributed by atoms with van der Waals surface area (Å²) in [7, 11) is 1.56. The first-order valence-corrected chi connectivity index (χ1v) is 7.25. The summed E-state index contributed by atoms with van der Waals surface area (Å²) in [5.74, 6) is 0.782. The van der Waals surface area contributed by atoms with Gasteiger partial charge in [0.1, 0.15) is 17.3 Å². The molecule has 2 rings (SSSR count). The van der Waals surface area contributed by atoms with E-state index < -0.39 is 0 Å². The van der Waals surface area contributed by atoms with Gasteiger partial charge in [-0.2, -0.15) is 0 Å². The summed E-state index contributed by atoms with van der Waals surface area (Å²) in [5, 5.41) is 6.35. The maximum Gasteiger partial charge on any atom is 0.271 e. The molecule has 0 saturated heterocycles. The van der Waals surface area contributed by atoms with E-state index in [9.17, 15) is 4.79 Å². The Labute approximate surface area is 139 Å². The average Bonchev–Trinajstić information content (AvgIpc) is 2.56. The molecule has 0 fully saturated rings. The fourth-order valence-corrected chi connectivity index (χ4v) is 1.99. The number of hydrogen-bond donors (Lipinski definition) is 2. The minimum Gasteiger partial charge on any atom is -0.495 e. The topological polar surface area (TPSA) is 76.1 Å². The molecule has 0 aliphatic heterocycles. The predicted octanol–water partition coefficient (Wildman–Crippen LogP) is 3.11. The SMILES string of the molecule is C=CCNC(=O)c1cnc(Nc2cc(C)c(Cl)cc2OC)cn1. The van der Waals surface area contributed by atoms with Crippen LogP contribution < -0.4 is 15.4 Å². The van der Waals surface area contributed by atoms with E-state index in [4.69, 9.17) is 16.3 Å². The number of methoxy groups -OCH3 is 1. The number of nitrogens with one attached hydrogen (secondary N) is 2. The van der Waals surface area contributed by atoms with Crippen molar-refractivity contribution in [2.75, 3.05) is 19.0 Å². The number of ether oxygens (including phenoxy) is 1. The number of anilines is 2. The predicted molar refractivity (Wildman–Crippen MR) is 90.6 cm³/mol. The lowest BCUT2D eigenvalue weighted by Crippen LogP contribution is -2.24. The molecule has 0 saturated carbocycles. The van der Waals surface area contributed by atoms with Crippen LogP contribution in [-0.2, 0) is 0 Å². The maximum atomic E-state index is 11.7. The van der Waals surface area contributed by atoms with Gasteiger partial charge in [0.25, 0.3) is 5.91 Å². The Morgan fingerprint density at radius 3 is 2.78 bits per heavy atom. The zero-order chi connectivity index (χ0) is 16.8. The summed E-state index contributed by atoms with van der Waals surface area (Å²) < 4.78 is 5.29. The van der Waals surface area contributed by atoms with E-state index in [1.165, 1.54) is 12.4 Å². The smallest absolute Gasteiger partial charge is 0.271 e. The molecule has 2 aromatic rings. The van der Waals surface area contributed by atoms with Crippen molar-refractivity contribution in [3.8, 4) is 5.75 Å². The van der Waals surface area contributed by atoms with Crippen LogP contribution in [0, 0.1) is 6.92 Å². The van der Waals surface area contributed by atoms with Crippen LogP contribution >= 0.6 is 11.6 Å². The standard InChI is InChI=1S/C16H17ClN4O2/c1-4-5-18-16(22)13-8-20-15(9-19-13)21-12-6-10(2)11(17)7-14(12)23-3/h4,6-9H,1,5H2,2-3H3,(H,18,22)(H,20,21). The van der Waals surface area contributed by atoms with E-state index in [2.05, 4.69) is 27.2 Å². The van der Waals surface area contributed by atoms with E-state index in [1.54, 1.807) is 19.3 Å². The Hall–Kier alpha value is -2.60. The molecule has 2 N–H and O–H groups in total. The Morgan fingerprint density at radius 1 is 1.39 bits per heavy atom. The molecule has 0 aliphatic rings. The van der Waals surface area contributed by atoms with E-state index in [0.29, 0.717) is 28.8 Å². The van der Waals surface area contributed by atoms with E-state index in [0.717, 1.165) is 5.56 Å². The van der Waals surface area contributed by atoms with Crippen molar-refractivity contribution in [1.29, 1.82) is 0 Å². The van der Waals surface area contributed by atoms with Crippen LogP contribution in [0.2, 0.25) is 5.02 Å². The van der Waals surface area contributed by atoms with Gasteiger partial charge in [0.15, 0.2) is 0 Å². The van der Waals surface area contributed by atoms with Crippen molar-refractivity contribution in [3.05, 3.63) is 53.5 Å². The number of aryl methyl sites for hydroxylation is 1. The van der Waals surface area contributed by atoms with Crippen LogP contribution in [0.5, 0.6) is 5.75 Å². The molecular formula is C16H17ClN4O2. The summed E-state index contributed by atoms with van der Waals surface area (Å²) >= 11 is 6.08. The van der Waals surface area contributed by atoms with Crippen LogP contribution in [0.4, 0.5) is 11.5 Å². The Bertz CT molecular complexity index is 717. The molecule has 0 unspecified atom stereocenters. The number of amides is 1. The quantitative estimate of drug-likeness (QED) is 0.795. The monoisotopic (exact) mass is 332 g/mol. The van der Waals surface area contributed by atoms with Gasteiger partial charge < -0.3 is 15.4 Å². The molecule has 1 aromatic heterocycles.